The van der Waals surface area contributed by atoms with Crippen molar-refractivity contribution in [3.05, 3.63) is 30.3 Å². The lowest BCUT2D eigenvalue weighted by atomic mass is 10.1. The molecule has 0 radical (unpaired) electrons. The number of nitrogens with zero attached hydrogens (tertiary/aromatic N) is 1. The molecule has 1 aliphatic rings. The number of aromatic hydroxyl groups is 1. The first-order chi connectivity index (χ1) is 8.79. The number of phenols is 1. The minimum absolute atomic E-state index is 0.105. The third-order valence-corrected chi connectivity index (χ3v) is 3.28. The molecule has 3 rings (SSSR count). The first kappa shape index (κ1) is 11.1. The van der Waals surface area contributed by atoms with Crippen LogP contribution in [0.15, 0.2) is 29.0 Å². The van der Waals surface area contributed by atoms with E-state index in [2.05, 4.69) is 4.98 Å². The molecule has 1 saturated carbocycles. The Morgan fingerprint density at radius 2 is 2.28 bits per heavy atom. The first-order valence-corrected chi connectivity index (χ1v) is 6.08. The van der Waals surface area contributed by atoms with E-state index in [0.29, 0.717) is 17.1 Å². The van der Waals surface area contributed by atoms with E-state index < -0.39 is 0 Å². The van der Waals surface area contributed by atoms with Gasteiger partial charge in [-0.15, -0.1) is 0 Å². The van der Waals surface area contributed by atoms with Gasteiger partial charge in [0.2, 0.25) is 0 Å². The Bertz CT molecular complexity index is 558. The van der Waals surface area contributed by atoms with Gasteiger partial charge in [0.05, 0.1) is 18.4 Å². The molecule has 4 heteroatoms. The van der Waals surface area contributed by atoms with Crippen LogP contribution in [0.5, 0.6) is 11.5 Å². The van der Waals surface area contributed by atoms with Crippen LogP contribution in [-0.2, 0) is 6.42 Å². The first-order valence-electron chi connectivity index (χ1n) is 6.08. The van der Waals surface area contributed by atoms with Crippen molar-refractivity contribution < 1.29 is 14.3 Å². The molecule has 0 saturated heterocycles. The second-order valence-corrected chi connectivity index (χ2v) is 4.63. The largest absolute Gasteiger partial charge is 0.504 e. The zero-order valence-electron chi connectivity index (χ0n) is 10.2. The maximum absolute atomic E-state index is 10.1. The van der Waals surface area contributed by atoms with Crippen molar-refractivity contribution >= 4 is 0 Å². The van der Waals surface area contributed by atoms with Gasteiger partial charge in [-0.1, -0.05) is 6.07 Å². The van der Waals surface area contributed by atoms with Gasteiger partial charge in [-0.3, -0.25) is 0 Å². The second kappa shape index (κ2) is 4.37. The van der Waals surface area contributed by atoms with E-state index in [1.807, 2.05) is 12.1 Å². The highest BCUT2D eigenvalue weighted by Crippen LogP contribution is 2.40. The normalized spacial score (nSPS) is 14.7. The lowest BCUT2D eigenvalue weighted by molar-refractivity contribution is 0.373. The van der Waals surface area contributed by atoms with Gasteiger partial charge in [-0.05, 0) is 37.3 Å². The van der Waals surface area contributed by atoms with E-state index >= 15 is 0 Å². The van der Waals surface area contributed by atoms with Crippen LogP contribution in [0.25, 0.3) is 11.3 Å². The molecule has 1 fully saturated rings. The van der Waals surface area contributed by atoms with Crippen LogP contribution >= 0.6 is 0 Å². The minimum Gasteiger partial charge on any atom is -0.504 e. The van der Waals surface area contributed by atoms with E-state index in [9.17, 15) is 5.11 Å². The number of hydrogen-bond acceptors (Lipinski definition) is 4. The van der Waals surface area contributed by atoms with E-state index in [-0.39, 0.29) is 5.75 Å². The molecule has 0 spiro atoms. The van der Waals surface area contributed by atoms with Crippen LogP contribution in [0.1, 0.15) is 18.5 Å². The van der Waals surface area contributed by atoms with E-state index in [4.69, 9.17) is 9.15 Å². The van der Waals surface area contributed by atoms with Crippen LogP contribution in [0.3, 0.4) is 0 Å². The SMILES string of the molecule is COc1cccc(-c2ocnc2CC2CC2)c1O. The molecule has 1 N–H and O–H groups in total. The number of phenolic OH excluding ortho intramolecular Hbond substituents is 1. The summed E-state index contributed by atoms with van der Waals surface area (Å²) < 4.78 is 10.5. The highest BCUT2D eigenvalue weighted by molar-refractivity contribution is 5.70. The number of para-hydroxylation sites is 1. The predicted molar refractivity (Wildman–Crippen MR) is 66.6 cm³/mol. The van der Waals surface area contributed by atoms with Gasteiger partial charge in [0, 0.05) is 0 Å². The molecule has 18 heavy (non-hydrogen) atoms. The van der Waals surface area contributed by atoms with Crippen molar-refractivity contribution in [1.29, 1.82) is 0 Å². The molecular formula is C14H15NO3. The fraction of sp³-hybridized carbons (Fsp3) is 0.357. The summed E-state index contributed by atoms with van der Waals surface area (Å²) in [5.74, 6) is 1.93. The van der Waals surface area contributed by atoms with E-state index in [1.54, 1.807) is 6.07 Å². The number of methoxy groups -OCH3 is 1. The Morgan fingerprint density at radius 3 is 3.00 bits per heavy atom. The van der Waals surface area contributed by atoms with Crippen molar-refractivity contribution in [1.82, 2.24) is 4.98 Å². The predicted octanol–water partition coefficient (Wildman–Crippen LogP) is 3.01. The lowest BCUT2D eigenvalue weighted by Crippen LogP contribution is -1.91. The number of aromatic nitrogens is 1. The summed E-state index contributed by atoms with van der Waals surface area (Å²) in [5.41, 5.74) is 1.56. The molecule has 1 aromatic carbocycles. The second-order valence-electron chi connectivity index (χ2n) is 4.63. The molecule has 0 bridgehead atoms. The van der Waals surface area contributed by atoms with Crippen LogP contribution in [-0.4, -0.2) is 17.2 Å². The monoisotopic (exact) mass is 245 g/mol. The highest BCUT2D eigenvalue weighted by atomic mass is 16.5. The molecule has 1 heterocycles. The quantitative estimate of drug-likeness (QED) is 0.899. The molecular weight excluding hydrogens is 230 g/mol. The maximum atomic E-state index is 10.1. The topological polar surface area (TPSA) is 55.5 Å². The minimum atomic E-state index is 0.105. The molecule has 1 aromatic heterocycles. The van der Waals surface area contributed by atoms with Gasteiger partial charge < -0.3 is 14.3 Å². The van der Waals surface area contributed by atoms with Crippen LogP contribution in [0.2, 0.25) is 0 Å². The summed E-state index contributed by atoms with van der Waals surface area (Å²) in [6, 6.07) is 5.36. The highest BCUT2D eigenvalue weighted by Gasteiger charge is 2.26. The number of benzene rings is 1. The maximum Gasteiger partial charge on any atom is 0.181 e. The van der Waals surface area contributed by atoms with E-state index in [1.165, 1.54) is 26.3 Å². The van der Waals surface area contributed by atoms with Crippen molar-refractivity contribution in [2.45, 2.75) is 19.3 Å². The van der Waals surface area contributed by atoms with Gasteiger partial charge in [0.15, 0.2) is 23.7 Å². The average molecular weight is 245 g/mol. The third-order valence-electron chi connectivity index (χ3n) is 3.28. The standard InChI is InChI=1S/C14H15NO3/c1-17-12-4-2-3-10(13(12)16)14-11(15-8-18-14)7-9-5-6-9/h2-4,8-9,16H,5-7H2,1H3. The van der Waals surface area contributed by atoms with Crippen molar-refractivity contribution in [3.63, 3.8) is 0 Å². The number of ether oxygens (including phenoxy) is 1. The van der Waals surface area contributed by atoms with Crippen molar-refractivity contribution in [3.8, 4) is 22.8 Å². The summed E-state index contributed by atoms with van der Waals surface area (Å²) in [4.78, 5) is 4.25. The molecule has 0 aliphatic heterocycles. The Balaban J connectivity index is 2.00. The molecule has 0 unspecified atom stereocenters. The number of rotatable bonds is 4. The summed E-state index contributed by atoms with van der Waals surface area (Å²) in [5, 5.41) is 10.1. The average Bonchev–Trinajstić information content (AvgIpc) is 3.07. The fourth-order valence-electron chi connectivity index (χ4n) is 2.10. The summed E-state index contributed by atoms with van der Waals surface area (Å²) >= 11 is 0. The molecule has 0 amide bonds. The van der Waals surface area contributed by atoms with Gasteiger partial charge in [-0.2, -0.15) is 0 Å². The summed E-state index contributed by atoms with van der Waals surface area (Å²) in [6.45, 7) is 0. The molecule has 1 aliphatic carbocycles. The Kier molecular flexibility index (Phi) is 2.70. The number of hydrogen-bond donors (Lipinski definition) is 1. The summed E-state index contributed by atoms with van der Waals surface area (Å²) in [7, 11) is 1.53. The van der Waals surface area contributed by atoms with Gasteiger partial charge in [0.1, 0.15) is 0 Å². The Hall–Kier alpha value is -1.97. The zero-order valence-corrected chi connectivity index (χ0v) is 10.2. The molecule has 4 nitrogen and oxygen atoms in total. The third kappa shape index (κ3) is 1.94. The van der Waals surface area contributed by atoms with Gasteiger partial charge >= 0.3 is 0 Å². The van der Waals surface area contributed by atoms with Crippen molar-refractivity contribution in [2.75, 3.05) is 7.11 Å². The Morgan fingerprint density at radius 1 is 1.44 bits per heavy atom. The smallest absolute Gasteiger partial charge is 0.181 e. The summed E-state index contributed by atoms with van der Waals surface area (Å²) in [6.07, 6.45) is 4.88. The van der Waals surface area contributed by atoms with Crippen LogP contribution in [0.4, 0.5) is 0 Å². The van der Waals surface area contributed by atoms with E-state index in [0.717, 1.165) is 18.0 Å². The van der Waals surface area contributed by atoms with Crippen LogP contribution < -0.4 is 4.74 Å². The van der Waals surface area contributed by atoms with Gasteiger partial charge in [-0.25, -0.2) is 4.98 Å². The molecule has 94 valence electrons. The Labute approximate surface area is 105 Å². The fourth-order valence-corrected chi connectivity index (χ4v) is 2.10. The number of oxazole rings is 1. The zero-order chi connectivity index (χ0) is 12.5. The lowest BCUT2D eigenvalue weighted by Gasteiger charge is -2.07. The van der Waals surface area contributed by atoms with Crippen LogP contribution in [0, 0.1) is 5.92 Å². The molecule has 0 atom stereocenters. The van der Waals surface area contributed by atoms with Crippen molar-refractivity contribution in [2.24, 2.45) is 5.92 Å². The van der Waals surface area contributed by atoms with Gasteiger partial charge in [0.25, 0.3) is 0 Å². The molecule has 2 aromatic rings.